The lowest BCUT2D eigenvalue weighted by Crippen LogP contribution is -2.29. The molecule has 1 aromatic heterocycles. The van der Waals surface area contributed by atoms with Crippen molar-refractivity contribution in [3.63, 3.8) is 0 Å². The smallest absolute Gasteiger partial charge is 0.208 e. The van der Waals surface area contributed by atoms with Gasteiger partial charge in [0, 0.05) is 19.5 Å². The molecule has 0 amide bonds. The van der Waals surface area contributed by atoms with E-state index in [1.165, 1.54) is 19.3 Å². The van der Waals surface area contributed by atoms with Crippen molar-refractivity contribution in [3.8, 4) is 0 Å². The number of piperidine rings is 1. The lowest BCUT2D eigenvalue weighted by Gasteiger charge is -2.25. The number of nitrogens with zero attached hydrogens (tertiary/aromatic N) is 3. The van der Waals surface area contributed by atoms with E-state index in [1.54, 1.807) is 11.3 Å². The number of aromatic nitrogens is 2. The zero-order valence-corrected chi connectivity index (χ0v) is 9.80. The fourth-order valence-corrected chi connectivity index (χ4v) is 2.74. The van der Waals surface area contributed by atoms with Gasteiger partial charge in [-0.3, -0.25) is 0 Å². The van der Waals surface area contributed by atoms with Crippen molar-refractivity contribution in [2.45, 2.75) is 32.1 Å². The first kappa shape index (κ1) is 10.8. The Balaban J connectivity index is 1.93. The van der Waals surface area contributed by atoms with E-state index < -0.39 is 0 Å². The monoisotopic (exact) mass is 226 g/mol. The Bertz CT molecular complexity index is 293. The van der Waals surface area contributed by atoms with Crippen molar-refractivity contribution < 1.29 is 0 Å². The van der Waals surface area contributed by atoms with Crippen LogP contribution >= 0.6 is 11.3 Å². The second-order valence-electron chi connectivity index (χ2n) is 3.92. The van der Waals surface area contributed by atoms with Gasteiger partial charge in [0.2, 0.25) is 5.13 Å². The molecule has 0 bridgehead atoms. The summed E-state index contributed by atoms with van der Waals surface area (Å²) in [6.07, 6.45) is 5.92. The zero-order chi connectivity index (χ0) is 10.5. The van der Waals surface area contributed by atoms with Crippen molar-refractivity contribution in [2.24, 2.45) is 5.73 Å². The Morgan fingerprint density at radius 1 is 1.20 bits per heavy atom. The van der Waals surface area contributed by atoms with E-state index in [0.717, 1.165) is 42.6 Å². The molecule has 0 aromatic carbocycles. The molecule has 1 aliphatic heterocycles. The van der Waals surface area contributed by atoms with Gasteiger partial charge in [-0.15, -0.1) is 10.2 Å². The van der Waals surface area contributed by atoms with Crippen molar-refractivity contribution in [1.82, 2.24) is 10.2 Å². The SMILES string of the molecule is NCCCc1nnc(N2CCCCC2)s1. The highest BCUT2D eigenvalue weighted by molar-refractivity contribution is 7.15. The first-order valence-electron chi connectivity index (χ1n) is 5.67. The van der Waals surface area contributed by atoms with Crippen LogP contribution in [-0.4, -0.2) is 29.8 Å². The van der Waals surface area contributed by atoms with Crippen LogP contribution in [-0.2, 0) is 6.42 Å². The molecule has 1 aromatic rings. The highest BCUT2D eigenvalue weighted by Crippen LogP contribution is 2.24. The summed E-state index contributed by atoms with van der Waals surface area (Å²) in [7, 11) is 0. The molecule has 84 valence electrons. The van der Waals surface area contributed by atoms with Gasteiger partial charge in [0.1, 0.15) is 5.01 Å². The highest BCUT2D eigenvalue weighted by atomic mass is 32.1. The maximum absolute atomic E-state index is 5.47. The maximum Gasteiger partial charge on any atom is 0.208 e. The van der Waals surface area contributed by atoms with Crippen molar-refractivity contribution >= 4 is 16.5 Å². The van der Waals surface area contributed by atoms with Crippen LogP contribution in [0.2, 0.25) is 0 Å². The molecule has 0 spiro atoms. The Morgan fingerprint density at radius 2 is 2.00 bits per heavy atom. The summed E-state index contributed by atoms with van der Waals surface area (Å²) in [5.74, 6) is 0. The second-order valence-corrected chi connectivity index (χ2v) is 4.96. The third kappa shape index (κ3) is 2.89. The molecule has 0 atom stereocenters. The van der Waals surface area contributed by atoms with Crippen LogP contribution in [0.15, 0.2) is 0 Å². The quantitative estimate of drug-likeness (QED) is 0.843. The molecule has 0 aliphatic carbocycles. The predicted octanol–water partition coefficient (Wildman–Crippen LogP) is 1.42. The summed E-state index contributed by atoms with van der Waals surface area (Å²) in [5.41, 5.74) is 5.47. The average molecular weight is 226 g/mol. The Labute approximate surface area is 94.5 Å². The van der Waals surface area contributed by atoms with Crippen LogP contribution in [0.5, 0.6) is 0 Å². The van der Waals surface area contributed by atoms with E-state index in [1.807, 2.05) is 0 Å². The van der Waals surface area contributed by atoms with E-state index in [4.69, 9.17) is 5.73 Å². The van der Waals surface area contributed by atoms with E-state index >= 15 is 0 Å². The standard InChI is InChI=1S/C10H18N4S/c11-6-4-5-9-12-13-10(15-9)14-7-2-1-3-8-14/h1-8,11H2. The van der Waals surface area contributed by atoms with Crippen molar-refractivity contribution in [3.05, 3.63) is 5.01 Å². The van der Waals surface area contributed by atoms with Crippen LogP contribution < -0.4 is 10.6 Å². The molecule has 1 aliphatic rings. The predicted molar refractivity (Wildman–Crippen MR) is 63.3 cm³/mol. The topological polar surface area (TPSA) is 55.0 Å². The van der Waals surface area contributed by atoms with Crippen LogP contribution in [0.1, 0.15) is 30.7 Å². The molecule has 4 nitrogen and oxygen atoms in total. The van der Waals surface area contributed by atoms with E-state index in [2.05, 4.69) is 15.1 Å². The van der Waals surface area contributed by atoms with Gasteiger partial charge in [0.25, 0.3) is 0 Å². The minimum Gasteiger partial charge on any atom is -0.347 e. The highest BCUT2D eigenvalue weighted by Gasteiger charge is 2.14. The molecule has 0 unspecified atom stereocenters. The summed E-state index contributed by atoms with van der Waals surface area (Å²) < 4.78 is 0. The van der Waals surface area contributed by atoms with Crippen LogP contribution in [0, 0.1) is 0 Å². The molecule has 5 heteroatoms. The lowest BCUT2D eigenvalue weighted by molar-refractivity contribution is 0.575. The number of hydrogen-bond acceptors (Lipinski definition) is 5. The summed E-state index contributed by atoms with van der Waals surface area (Å²) in [6.45, 7) is 3.02. The van der Waals surface area contributed by atoms with Gasteiger partial charge in [-0.1, -0.05) is 11.3 Å². The second kappa shape index (κ2) is 5.42. The number of rotatable bonds is 4. The van der Waals surface area contributed by atoms with Gasteiger partial charge in [-0.2, -0.15) is 0 Å². The Kier molecular flexibility index (Phi) is 3.91. The average Bonchev–Trinajstić information content (AvgIpc) is 2.76. The fourth-order valence-electron chi connectivity index (χ4n) is 1.81. The molecule has 2 rings (SSSR count). The van der Waals surface area contributed by atoms with E-state index in [-0.39, 0.29) is 0 Å². The van der Waals surface area contributed by atoms with Gasteiger partial charge < -0.3 is 10.6 Å². The fraction of sp³-hybridized carbons (Fsp3) is 0.800. The molecule has 1 saturated heterocycles. The normalized spacial score (nSPS) is 17.0. The maximum atomic E-state index is 5.47. The number of anilines is 1. The van der Waals surface area contributed by atoms with Gasteiger partial charge in [-0.25, -0.2) is 0 Å². The third-order valence-corrected chi connectivity index (χ3v) is 3.72. The Hall–Kier alpha value is -0.680. The van der Waals surface area contributed by atoms with Gasteiger partial charge in [-0.05, 0) is 32.2 Å². The van der Waals surface area contributed by atoms with E-state index in [0.29, 0.717) is 0 Å². The van der Waals surface area contributed by atoms with Crippen LogP contribution in [0.4, 0.5) is 5.13 Å². The van der Waals surface area contributed by atoms with Crippen LogP contribution in [0.3, 0.4) is 0 Å². The molecule has 15 heavy (non-hydrogen) atoms. The van der Waals surface area contributed by atoms with Crippen molar-refractivity contribution in [1.29, 1.82) is 0 Å². The van der Waals surface area contributed by atoms with Gasteiger partial charge in [0.15, 0.2) is 0 Å². The number of aryl methyl sites for hydroxylation is 1. The summed E-state index contributed by atoms with van der Waals surface area (Å²) in [6, 6.07) is 0. The summed E-state index contributed by atoms with van der Waals surface area (Å²) in [4.78, 5) is 2.35. The van der Waals surface area contributed by atoms with Gasteiger partial charge >= 0.3 is 0 Å². The van der Waals surface area contributed by atoms with Crippen molar-refractivity contribution in [2.75, 3.05) is 24.5 Å². The molecule has 2 N–H and O–H groups in total. The van der Waals surface area contributed by atoms with Crippen LogP contribution in [0.25, 0.3) is 0 Å². The largest absolute Gasteiger partial charge is 0.347 e. The minimum absolute atomic E-state index is 0.735. The molecular formula is C10H18N4S. The number of nitrogens with two attached hydrogens (primary N) is 1. The number of hydrogen-bond donors (Lipinski definition) is 1. The first-order chi connectivity index (χ1) is 7.40. The summed E-state index contributed by atoms with van der Waals surface area (Å²) in [5, 5.41) is 10.7. The lowest BCUT2D eigenvalue weighted by atomic mass is 10.1. The Morgan fingerprint density at radius 3 is 2.73 bits per heavy atom. The molecular weight excluding hydrogens is 208 g/mol. The van der Waals surface area contributed by atoms with E-state index in [9.17, 15) is 0 Å². The molecule has 1 fully saturated rings. The first-order valence-corrected chi connectivity index (χ1v) is 6.49. The molecule has 0 radical (unpaired) electrons. The molecule has 2 heterocycles. The summed E-state index contributed by atoms with van der Waals surface area (Å²) >= 11 is 1.73. The third-order valence-electron chi connectivity index (χ3n) is 2.68. The van der Waals surface area contributed by atoms with Gasteiger partial charge in [0.05, 0.1) is 0 Å². The zero-order valence-electron chi connectivity index (χ0n) is 8.98. The minimum atomic E-state index is 0.735. The molecule has 0 saturated carbocycles.